The topological polar surface area (TPSA) is 70.7 Å². The first-order valence-electron chi connectivity index (χ1n) is 7.70. The van der Waals surface area contributed by atoms with E-state index < -0.39 is 0 Å². The molecule has 5 nitrogen and oxygen atoms in total. The minimum Gasteiger partial charge on any atom is -0.351 e. The second kappa shape index (κ2) is 7.26. The van der Waals surface area contributed by atoms with Gasteiger partial charge in [0.2, 0.25) is 0 Å². The standard InChI is InChI=1S/C17H26N4O/c1-7-8-19-16(22)13(10-18)9-14-11-21(17(4,5)6)20-15(14)12(2)3/h9,11-12H,7-8H2,1-6H3,(H,19,22)/b13-9-. The van der Waals surface area contributed by atoms with Gasteiger partial charge in [-0.2, -0.15) is 10.4 Å². The second-order valence-electron chi connectivity index (χ2n) is 6.67. The largest absolute Gasteiger partial charge is 0.351 e. The number of rotatable bonds is 5. The van der Waals surface area contributed by atoms with Gasteiger partial charge in [-0.1, -0.05) is 20.8 Å². The Hall–Kier alpha value is -2.09. The van der Waals surface area contributed by atoms with Gasteiger partial charge in [0.25, 0.3) is 5.91 Å². The van der Waals surface area contributed by atoms with Crippen molar-refractivity contribution in [2.45, 2.75) is 59.4 Å². The lowest BCUT2D eigenvalue weighted by atomic mass is 10.0. The molecule has 1 aromatic rings. The van der Waals surface area contributed by atoms with E-state index in [-0.39, 0.29) is 22.9 Å². The summed E-state index contributed by atoms with van der Waals surface area (Å²) in [5, 5.41) is 16.6. The Bertz CT molecular complexity index is 597. The molecule has 0 unspecified atom stereocenters. The van der Waals surface area contributed by atoms with E-state index in [1.165, 1.54) is 0 Å². The molecule has 0 aromatic carbocycles. The first-order chi connectivity index (χ1) is 10.2. The normalized spacial score (nSPS) is 12.4. The van der Waals surface area contributed by atoms with Crippen LogP contribution < -0.4 is 5.32 Å². The maximum absolute atomic E-state index is 12.0. The van der Waals surface area contributed by atoms with Crippen molar-refractivity contribution in [3.05, 3.63) is 23.0 Å². The van der Waals surface area contributed by atoms with E-state index in [2.05, 4.69) is 45.0 Å². The molecular formula is C17H26N4O. The Morgan fingerprint density at radius 2 is 2.14 bits per heavy atom. The Morgan fingerprint density at radius 3 is 2.59 bits per heavy atom. The lowest BCUT2D eigenvalue weighted by Gasteiger charge is -2.19. The van der Waals surface area contributed by atoms with Gasteiger partial charge in [-0.05, 0) is 39.2 Å². The summed E-state index contributed by atoms with van der Waals surface area (Å²) in [6, 6.07) is 1.99. The summed E-state index contributed by atoms with van der Waals surface area (Å²) in [4.78, 5) is 12.0. The summed E-state index contributed by atoms with van der Waals surface area (Å²) >= 11 is 0. The fraction of sp³-hybridized carbons (Fsp3) is 0.588. The summed E-state index contributed by atoms with van der Waals surface area (Å²) in [6.45, 7) is 12.8. The van der Waals surface area contributed by atoms with Gasteiger partial charge >= 0.3 is 0 Å². The highest BCUT2D eigenvalue weighted by molar-refractivity contribution is 6.01. The van der Waals surface area contributed by atoms with Gasteiger partial charge in [0, 0.05) is 18.3 Å². The minimum absolute atomic E-state index is 0.115. The molecule has 1 heterocycles. The number of carbonyl (C=O) groups is 1. The predicted molar refractivity (Wildman–Crippen MR) is 88.2 cm³/mol. The number of aromatic nitrogens is 2. The van der Waals surface area contributed by atoms with Gasteiger partial charge in [-0.15, -0.1) is 0 Å². The van der Waals surface area contributed by atoms with Crippen LogP contribution in [0.3, 0.4) is 0 Å². The molecule has 1 amide bonds. The molecule has 5 heteroatoms. The molecular weight excluding hydrogens is 276 g/mol. The van der Waals surface area contributed by atoms with Crippen LogP contribution in [0.2, 0.25) is 0 Å². The van der Waals surface area contributed by atoms with Gasteiger partial charge in [0.05, 0.1) is 11.2 Å². The van der Waals surface area contributed by atoms with Crippen molar-refractivity contribution in [3.63, 3.8) is 0 Å². The number of nitriles is 1. The zero-order valence-corrected chi connectivity index (χ0v) is 14.4. The summed E-state index contributed by atoms with van der Waals surface area (Å²) in [5.41, 5.74) is 1.69. The molecule has 0 aliphatic heterocycles. The van der Waals surface area contributed by atoms with Crippen LogP contribution >= 0.6 is 0 Å². The number of hydrogen-bond acceptors (Lipinski definition) is 3. The van der Waals surface area contributed by atoms with Gasteiger partial charge in [0.1, 0.15) is 11.6 Å². The summed E-state index contributed by atoms with van der Waals surface area (Å²) < 4.78 is 1.88. The Balaban J connectivity index is 3.24. The van der Waals surface area contributed by atoms with E-state index in [0.717, 1.165) is 17.7 Å². The van der Waals surface area contributed by atoms with E-state index in [4.69, 9.17) is 0 Å². The molecule has 1 rings (SSSR count). The molecule has 1 N–H and O–H groups in total. The summed E-state index contributed by atoms with van der Waals surface area (Å²) in [7, 11) is 0. The van der Waals surface area contributed by atoms with Crippen LogP contribution in [0.15, 0.2) is 11.8 Å². The van der Waals surface area contributed by atoms with Crippen molar-refractivity contribution >= 4 is 12.0 Å². The summed E-state index contributed by atoms with van der Waals surface area (Å²) in [5.74, 6) is -0.115. The van der Waals surface area contributed by atoms with Crippen LogP contribution in [0.5, 0.6) is 0 Å². The highest BCUT2D eigenvalue weighted by Gasteiger charge is 2.20. The third-order valence-corrected chi connectivity index (χ3v) is 3.21. The maximum Gasteiger partial charge on any atom is 0.261 e. The lowest BCUT2D eigenvalue weighted by Crippen LogP contribution is -2.25. The molecule has 0 fully saturated rings. The van der Waals surface area contributed by atoms with Crippen molar-refractivity contribution in [2.75, 3.05) is 6.54 Å². The molecule has 22 heavy (non-hydrogen) atoms. The molecule has 0 radical (unpaired) electrons. The molecule has 1 aromatic heterocycles. The fourth-order valence-corrected chi connectivity index (χ4v) is 1.94. The highest BCUT2D eigenvalue weighted by Crippen LogP contribution is 2.24. The van der Waals surface area contributed by atoms with Crippen molar-refractivity contribution in [3.8, 4) is 6.07 Å². The van der Waals surface area contributed by atoms with Crippen LogP contribution in [-0.2, 0) is 10.3 Å². The van der Waals surface area contributed by atoms with Gasteiger partial charge in [0.15, 0.2) is 0 Å². The molecule has 0 bridgehead atoms. The quantitative estimate of drug-likeness (QED) is 0.670. The molecule has 120 valence electrons. The Kier molecular flexibility index (Phi) is 5.92. The molecule has 0 saturated carbocycles. The minimum atomic E-state index is -0.331. The van der Waals surface area contributed by atoms with Crippen LogP contribution in [0.25, 0.3) is 6.08 Å². The number of carbonyl (C=O) groups excluding carboxylic acids is 1. The summed E-state index contributed by atoms with van der Waals surface area (Å²) in [6.07, 6.45) is 4.37. The molecule has 0 saturated heterocycles. The smallest absolute Gasteiger partial charge is 0.261 e. The Labute approximate surface area is 133 Å². The first-order valence-corrected chi connectivity index (χ1v) is 7.70. The zero-order valence-electron chi connectivity index (χ0n) is 14.4. The van der Waals surface area contributed by atoms with Crippen LogP contribution in [0, 0.1) is 11.3 Å². The zero-order chi connectivity index (χ0) is 16.9. The average molecular weight is 302 g/mol. The average Bonchev–Trinajstić information content (AvgIpc) is 2.86. The number of hydrogen-bond donors (Lipinski definition) is 1. The van der Waals surface area contributed by atoms with E-state index in [9.17, 15) is 10.1 Å². The third kappa shape index (κ3) is 4.45. The number of nitrogens with zero attached hydrogens (tertiary/aromatic N) is 3. The SMILES string of the molecule is CCCNC(=O)/C(C#N)=C\c1cn(C(C)(C)C)nc1C(C)C. The van der Waals surface area contributed by atoms with Crippen molar-refractivity contribution < 1.29 is 4.79 Å². The lowest BCUT2D eigenvalue weighted by molar-refractivity contribution is -0.117. The van der Waals surface area contributed by atoms with Gasteiger partial charge < -0.3 is 5.32 Å². The van der Waals surface area contributed by atoms with E-state index in [0.29, 0.717) is 6.54 Å². The second-order valence-corrected chi connectivity index (χ2v) is 6.67. The van der Waals surface area contributed by atoms with Crippen molar-refractivity contribution in [2.24, 2.45) is 0 Å². The highest BCUT2D eigenvalue weighted by atomic mass is 16.1. The van der Waals surface area contributed by atoms with Crippen LogP contribution in [-0.4, -0.2) is 22.2 Å². The number of nitrogens with one attached hydrogen (secondary N) is 1. The van der Waals surface area contributed by atoms with Crippen molar-refractivity contribution in [1.82, 2.24) is 15.1 Å². The van der Waals surface area contributed by atoms with Crippen LogP contribution in [0.4, 0.5) is 0 Å². The van der Waals surface area contributed by atoms with E-state index >= 15 is 0 Å². The van der Waals surface area contributed by atoms with Crippen LogP contribution in [0.1, 0.15) is 65.1 Å². The molecule has 0 atom stereocenters. The molecule has 0 aliphatic carbocycles. The fourth-order valence-electron chi connectivity index (χ4n) is 1.94. The van der Waals surface area contributed by atoms with E-state index in [1.807, 2.05) is 23.9 Å². The first kappa shape index (κ1) is 18.0. The number of amides is 1. The maximum atomic E-state index is 12.0. The third-order valence-electron chi connectivity index (χ3n) is 3.21. The molecule has 0 aliphatic rings. The predicted octanol–water partition coefficient (Wildman–Crippen LogP) is 3.19. The van der Waals surface area contributed by atoms with Gasteiger partial charge in [-0.25, -0.2) is 0 Å². The molecule has 0 spiro atoms. The Morgan fingerprint density at radius 1 is 1.50 bits per heavy atom. The van der Waals surface area contributed by atoms with Gasteiger partial charge in [-0.3, -0.25) is 9.48 Å². The van der Waals surface area contributed by atoms with Crippen molar-refractivity contribution in [1.29, 1.82) is 5.26 Å². The van der Waals surface area contributed by atoms with E-state index in [1.54, 1.807) is 6.08 Å². The monoisotopic (exact) mass is 302 g/mol.